The van der Waals surface area contributed by atoms with E-state index < -0.39 is 0 Å². The maximum Gasteiger partial charge on any atom is 0.357 e. The first-order chi connectivity index (χ1) is 8.20. The Morgan fingerprint density at radius 1 is 1.29 bits per heavy atom. The fourth-order valence-corrected chi connectivity index (χ4v) is 3.00. The second-order valence-electron chi connectivity index (χ2n) is 5.12. The van der Waals surface area contributed by atoms with Crippen LogP contribution in [0.4, 0.5) is 0 Å². The molecule has 3 nitrogen and oxygen atoms in total. The van der Waals surface area contributed by atoms with Crippen molar-refractivity contribution in [3.8, 4) is 0 Å². The Labute approximate surface area is 99.0 Å². The molecule has 4 rings (SSSR count). The zero-order valence-corrected chi connectivity index (χ0v) is 9.69. The van der Waals surface area contributed by atoms with Crippen LogP contribution in [0.15, 0.2) is 24.3 Å². The highest BCUT2D eigenvalue weighted by molar-refractivity contribution is 5.98. The normalized spacial score (nSPS) is 20.4. The molecule has 1 aromatic heterocycles. The second-order valence-corrected chi connectivity index (χ2v) is 5.12. The quantitative estimate of drug-likeness (QED) is 0.648. The van der Waals surface area contributed by atoms with Crippen LogP contribution in [0.1, 0.15) is 35.3 Å². The average Bonchev–Trinajstić information content (AvgIpc) is 2.73. The van der Waals surface area contributed by atoms with E-state index >= 15 is 0 Å². The summed E-state index contributed by atoms with van der Waals surface area (Å²) in [5.41, 5.74) is 2.70. The molecule has 1 spiro atoms. The molecule has 1 fully saturated rings. The van der Waals surface area contributed by atoms with Crippen LogP contribution in [0, 0.1) is 6.92 Å². The molecule has 3 heteroatoms. The Bertz CT molecular complexity index is 650. The number of esters is 1. The van der Waals surface area contributed by atoms with E-state index in [1.165, 1.54) is 5.56 Å². The third-order valence-electron chi connectivity index (χ3n) is 3.99. The Hall–Kier alpha value is -1.77. The summed E-state index contributed by atoms with van der Waals surface area (Å²) in [6.07, 6.45) is 3.03. The van der Waals surface area contributed by atoms with Crippen molar-refractivity contribution in [1.82, 2.24) is 4.57 Å². The molecule has 1 aliphatic heterocycles. The Morgan fingerprint density at radius 2 is 2.12 bits per heavy atom. The zero-order chi connectivity index (χ0) is 11.6. The standard InChI is InChI=1S/C14H13NO2/c1-9-3-4-11-10(7-9)8-12-13(16)17-14(15(11)12)5-2-6-14/h3-4,7-8H,2,5-6H2,1H3. The summed E-state index contributed by atoms with van der Waals surface area (Å²) in [6.45, 7) is 2.07. The van der Waals surface area contributed by atoms with Gasteiger partial charge in [-0.05, 0) is 31.5 Å². The maximum atomic E-state index is 11.9. The van der Waals surface area contributed by atoms with Gasteiger partial charge in [-0.25, -0.2) is 4.79 Å². The highest BCUT2D eigenvalue weighted by Crippen LogP contribution is 2.48. The number of aromatic nitrogens is 1. The van der Waals surface area contributed by atoms with Crippen LogP contribution in [0.3, 0.4) is 0 Å². The maximum absolute atomic E-state index is 11.9. The van der Waals surface area contributed by atoms with Gasteiger partial charge in [-0.1, -0.05) is 11.6 Å². The average molecular weight is 227 g/mol. The van der Waals surface area contributed by atoms with Crippen LogP contribution in [0.5, 0.6) is 0 Å². The van der Waals surface area contributed by atoms with E-state index in [4.69, 9.17) is 4.74 Å². The molecular formula is C14H13NO2. The van der Waals surface area contributed by atoms with Gasteiger partial charge in [-0.2, -0.15) is 0 Å². The Balaban J connectivity index is 2.08. The van der Waals surface area contributed by atoms with Crippen molar-refractivity contribution in [3.63, 3.8) is 0 Å². The predicted octanol–water partition coefficient (Wildman–Crippen LogP) is 2.96. The molecule has 1 saturated carbocycles. The monoisotopic (exact) mass is 227 g/mol. The number of aryl methyl sites for hydroxylation is 1. The van der Waals surface area contributed by atoms with Crippen LogP contribution < -0.4 is 0 Å². The topological polar surface area (TPSA) is 31.2 Å². The lowest BCUT2D eigenvalue weighted by Gasteiger charge is -2.38. The van der Waals surface area contributed by atoms with Crippen molar-refractivity contribution >= 4 is 16.9 Å². The SMILES string of the molecule is Cc1ccc2c(c1)cc1n2C2(CCC2)OC1=O. The molecule has 0 saturated heterocycles. The van der Waals surface area contributed by atoms with Crippen molar-refractivity contribution in [2.45, 2.75) is 31.9 Å². The van der Waals surface area contributed by atoms with Crippen molar-refractivity contribution in [2.24, 2.45) is 0 Å². The van der Waals surface area contributed by atoms with E-state index in [2.05, 4.69) is 29.7 Å². The zero-order valence-electron chi connectivity index (χ0n) is 9.69. The molecular weight excluding hydrogens is 214 g/mol. The molecule has 0 radical (unpaired) electrons. The van der Waals surface area contributed by atoms with Crippen LogP contribution in [0.2, 0.25) is 0 Å². The molecule has 86 valence electrons. The molecule has 0 bridgehead atoms. The van der Waals surface area contributed by atoms with Gasteiger partial charge in [0.1, 0.15) is 5.69 Å². The number of rotatable bonds is 0. The third kappa shape index (κ3) is 0.996. The number of fused-ring (bicyclic) bond motifs is 4. The molecule has 1 aromatic carbocycles. The molecule has 2 aromatic rings. The number of hydrogen-bond acceptors (Lipinski definition) is 2. The van der Waals surface area contributed by atoms with E-state index in [1.54, 1.807) is 0 Å². The summed E-state index contributed by atoms with van der Waals surface area (Å²) in [5.74, 6) is -0.168. The van der Waals surface area contributed by atoms with Crippen molar-refractivity contribution in [3.05, 3.63) is 35.5 Å². The van der Waals surface area contributed by atoms with Crippen molar-refractivity contribution in [2.75, 3.05) is 0 Å². The van der Waals surface area contributed by atoms with E-state index in [9.17, 15) is 4.79 Å². The molecule has 2 heterocycles. The molecule has 0 amide bonds. The van der Waals surface area contributed by atoms with Gasteiger partial charge in [0.25, 0.3) is 0 Å². The summed E-state index contributed by atoms with van der Waals surface area (Å²) in [6, 6.07) is 8.26. The summed E-state index contributed by atoms with van der Waals surface area (Å²) < 4.78 is 7.66. The lowest BCUT2D eigenvalue weighted by molar-refractivity contribution is -0.0958. The summed E-state index contributed by atoms with van der Waals surface area (Å²) in [5, 5.41) is 1.14. The van der Waals surface area contributed by atoms with Crippen molar-refractivity contribution in [1.29, 1.82) is 0 Å². The fraction of sp³-hybridized carbons (Fsp3) is 0.357. The van der Waals surface area contributed by atoms with Gasteiger partial charge in [0.2, 0.25) is 0 Å². The van der Waals surface area contributed by atoms with Gasteiger partial charge in [-0.3, -0.25) is 4.57 Å². The van der Waals surface area contributed by atoms with Gasteiger partial charge in [0.05, 0.1) is 5.52 Å². The number of hydrogen-bond donors (Lipinski definition) is 0. The number of ether oxygens (including phenoxy) is 1. The van der Waals surface area contributed by atoms with Crippen LogP contribution >= 0.6 is 0 Å². The smallest absolute Gasteiger partial charge is 0.357 e. The first-order valence-electron chi connectivity index (χ1n) is 6.06. The minimum atomic E-state index is -0.358. The highest BCUT2D eigenvalue weighted by atomic mass is 16.6. The van der Waals surface area contributed by atoms with Crippen molar-refractivity contribution < 1.29 is 9.53 Å². The van der Waals surface area contributed by atoms with Crippen LogP contribution in [-0.4, -0.2) is 10.5 Å². The molecule has 2 aliphatic rings. The van der Waals surface area contributed by atoms with Crippen LogP contribution in [0.25, 0.3) is 10.9 Å². The Morgan fingerprint density at radius 3 is 2.82 bits per heavy atom. The summed E-state index contributed by atoms with van der Waals surface area (Å²) >= 11 is 0. The third-order valence-corrected chi connectivity index (χ3v) is 3.99. The molecule has 0 atom stereocenters. The van der Waals surface area contributed by atoms with E-state index in [0.29, 0.717) is 5.69 Å². The van der Waals surface area contributed by atoms with E-state index in [1.807, 2.05) is 6.07 Å². The van der Waals surface area contributed by atoms with E-state index in [0.717, 1.165) is 30.2 Å². The molecule has 0 N–H and O–H groups in total. The number of benzene rings is 1. The van der Waals surface area contributed by atoms with E-state index in [-0.39, 0.29) is 11.7 Å². The number of carbonyl (C=O) groups is 1. The largest absolute Gasteiger partial charge is 0.434 e. The second kappa shape index (κ2) is 2.73. The minimum absolute atomic E-state index is 0.168. The van der Waals surface area contributed by atoms with Gasteiger partial charge in [-0.15, -0.1) is 0 Å². The first kappa shape index (κ1) is 9.28. The fourth-order valence-electron chi connectivity index (χ4n) is 3.00. The Kier molecular flexibility index (Phi) is 1.49. The van der Waals surface area contributed by atoms with Gasteiger partial charge in [0.15, 0.2) is 5.72 Å². The summed E-state index contributed by atoms with van der Waals surface area (Å²) in [4.78, 5) is 11.9. The first-order valence-corrected chi connectivity index (χ1v) is 6.06. The number of nitrogens with zero attached hydrogens (tertiary/aromatic N) is 1. The summed E-state index contributed by atoms with van der Waals surface area (Å²) in [7, 11) is 0. The molecule has 0 unspecified atom stereocenters. The number of carbonyl (C=O) groups excluding carboxylic acids is 1. The lowest BCUT2D eigenvalue weighted by Crippen LogP contribution is -2.39. The molecule has 17 heavy (non-hydrogen) atoms. The molecule has 1 aliphatic carbocycles. The minimum Gasteiger partial charge on any atom is -0.434 e. The van der Waals surface area contributed by atoms with Crippen LogP contribution in [-0.2, 0) is 10.5 Å². The van der Waals surface area contributed by atoms with Gasteiger partial charge >= 0.3 is 5.97 Å². The van der Waals surface area contributed by atoms with Gasteiger partial charge < -0.3 is 4.74 Å². The predicted molar refractivity (Wildman–Crippen MR) is 63.9 cm³/mol. The van der Waals surface area contributed by atoms with Gasteiger partial charge in [0, 0.05) is 18.2 Å². The lowest BCUT2D eigenvalue weighted by atomic mass is 9.88. The highest BCUT2D eigenvalue weighted by Gasteiger charge is 2.50.